The molecule has 0 bridgehead atoms. The number of aliphatic hydroxyl groups excluding tert-OH is 1. The Morgan fingerprint density at radius 2 is 2.07 bits per heavy atom. The van der Waals surface area contributed by atoms with Crippen molar-refractivity contribution in [1.82, 2.24) is 5.32 Å². The highest BCUT2D eigenvalue weighted by Gasteiger charge is 2.12. The third-order valence-corrected chi connectivity index (χ3v) is 2.67. The van der Waals surface area contributed by atoms with Crippen LogP contribution in [0.2, 0.25) is 0 Å². The molecule has 0 saturated carbocycles. The van der Waals surface area contributed by atoms with Crippen LogP contribution in [0.15, 0.2) is 0 Å². The second-order valence-corrected chi connectivity index (χ2v) is 3.96. The summed E-state index contributed by atoms with van der Waals surface area (Å²) in [5.74, 6) is 0. The zero-order chi connectivity index (χ0) is 10.1. The van der Waals surface area contributed by atoms with Crippen molar-refractivity contribution in [2.45, 2.75) is 44.6 Å². The first-order chi connectivity index (χ1) is 6.93. The molecule has 14 heavy (non-hydrogen) atoms. The fraction of sp³-hybridized carbons (Fsp3) is 1.00. The molecule has 1 heterocycles. The Morgan fingerprint density at radius 3 is 2.79 bits per heavy atom. The van der Waals surface area contributed by atoms with Crippen molar-refractivity contribution in [3.05, 3.63) is 0 Å². The summed E-state index contributed by atoms with van der Waals surface area (Å²) in [6, 6.07) is 0. The first kappa shape index (κ1) is 12.0. The van der Waals surface area contributed by atoms with Gasteiger partial charge in [0.05, 0.1) is 6.10 Å². The van der Waals surface area contributed by atoms with Crippen molar-refractivity contribution in [3.8, 4) is 0 Å². The predicted octanol–water partition coefficient (Wildman–Crippen LogP) is 1.31. The largest absolute Gasteiger partial charge is 0.396 e. The molecule has 1 saturated heterocycles. The lowest BCUT2D eigenvalue weighted by Gasteiger charge is -2.22. The molecule has 1 fully saturated rings. The summed E-state index contributed by atoms with van der Waals surface area (Å²) in [6.45, 7) is 3.24. The first-order valence-corrected chi connectivity index (χ1v) is 5.86. The molecule has 0 spiro atoms. The SMILES string of the molecule is OCCCNCCCC1CCCCO1. The van der Waals surface area contributed by atoms with Crippen LogP contribution in [-0.2, 0) is 4.74 Å². The summed E-state index contributed by atoms with van der Waals surface area (Å²) >= 11 is 0. The van der Waals surface area contributed by atoms with E-state index in [0.717, 1.165) is 26.1 Å². The molecule has 2 N–H and O–H groups in total. The van der Waals surface area contributed by atoms with Crippen molar-refractivity contribution in [2.75, 3.05) is 26.3 Å². The quantitative estimate of drug-likeness (QED) is 0.610. The van der Waals surface area contributed by atoms with Crippen LogP contribution >= 0.6 is 0 Å². The van der Waals surface area contributed by atoms with Gasteiger partial charge in [0.1, 0.15) is 0 Å². The standard InChI is InChI=1S/C11H23NO2/c13-9-4-8-12-7-3-6-11-5-1-2-10-14-11/h11-13H,1-10H2. The first-order valence-electron chi connectivity index (χ1n) is 5.86. The minimum atomic E-state index is 0.290. The highest BCUT2D eigenvalue weighted by Crippen LogP contribution is 2.16. The normalized spacial score (nSPS) is 22.5. The maximum atomic E-state index is 8.57. The summed E-state index contributed by atoms with van der Waals surface area (Å²) in [4.78, 5) is 0. The summed E-state index contributed by atoms with van der Waals surface area (Å²) in [7, 11) is 0. The van der Waals surface area contributed by atoms with Crippen molar-refractivity contribution in [3.63, 3.8) is 0 Å². The Balaban J connectivity index is 1.82. The lowest BCUT2D eigenvalue weighted by atomic mass is 10.0. The molecule has 1 aliphatic heterocycles. The number of ether oxygens (including phenoxy) is 1. The predicted molar refractivity (Wildman–Crippen MR) is 57.4 cm³/mol. The van der Waals surface area contributed by atoms with E-state index >= 15 is 0 Å². The smallest absolute Gasteiger partial charge is 0.0575 e. The van der Waals surface area contributed by atoms with E-state index in [0.29, 0.717) is 12.7 Å². The van der Waals surface area contributed by atoms with Gasteiger partial charge in [0.15, 0.2) is 0 Å². The molecule has 0 aromatic heterocycles. The second kappa shape index (κ2) is 8.21. The minimum absolute atomic E-state index is 0.290. The third-order valence-electron chi connectivity index (χ3n) is 2.67. The van der Waals surface area contributed by atoms with E-state index in [9.17, 15) is 0 Å². The van der Waals surface area contributed by atoms with Crippen LogP contribution in [0.5, 0.6) is 0 Å². The fourth-order valence-electron chi connectivity index (χ4n) is 1.82. The number of aliphatic hydroxyl groups is 1. The summed E-state index contributed by atoms with van der Waals surface area (Å²) < 4.78 is 5.64. The Morgan fingerprint density at radius 1 is 1.21 bits per heavy atom. The molecule has 0 radical (unpaired) electrons. The van der Waals surface area contributed by atoms with Gasteiger partial charge in [0, 0.05) is 13.2 Å². The van der Waals surface area contributed by atoms with Crippen molar-refractivity contribution >= 4 is 0 Å². The van der Waals surface area contributed by atoms with Crippen LogP contribution in [0.4, 0.5) is 0 Å². The van der Waals surface area contributed by atoms with Crippen LogP contribution in [-0.4, -0.2) is 37.5 Å². The molecule has 84 valence electrons. The van der Waals surface area contributed by atoms with E-state index in [1.165, 1.54) is 32.1 Å². The van der Waals surface area contributed by atoms with Crippen LogP contribution in [0.3, 0.4) is 0 Å². The Kier molecular flexibility index (Phi) is 7.01. The molecule has 1 unspecified atom stereocenters. The van der Waals surface area contributed by atoms with E-state index in [2.05, 4.69) is 5.32 Å². The van der Waals surface area contributed by atoms with Gasteiger partial charge < -0.3 is 15.2 Å². The maximum absolute atomic E-state index is 8.57. The molecule has 0 aromatic carbocycles. The van der Waals surface area contributed by atoms with E-state index in [1.807, 2.05) is 0 Å². The van der Waals surface area contributed by atoms with Crippen LogP contribution in [0.25, 0.3) is 0 Å². The molecule has 3 heteroatoms. The van der Waals surface area contributed by atoms with Crippen molar-refractivity contribution in [1.29, 1.82) is 0 Å². The van der Waals surface area contributed by atoms with Gasteiger partial charge in [-0.15, -0.1) is 0 Å². The third kappa shape index (κ3) is 5.58. The lowest BCUT2D eigenvalue weighted by Crippen LogP contribution is -2.22. The number of nitrogens with one attached hydrogen (secondary N) is 1. The van der Waals surface area contributed by atoms with E-state index < -0.39 is 0 Å². The molecule has 1 rings (SSSR count). The average Bonchev–Trinajstić information content (AvgIpc) is 2.25. The number of hydrogen-bond acceptors (Lipinski definition) is 3. The van der Waals surface area contributed by atoms with E-state index in [4.69, 9.17) is 9.84 Å². The van der Waals surface area contributed by atoms with Gasteiger partial charge in [-0.2, -0.15) is 0 Å². The average molecular weight is 201 g/mol. The van der Waals surface area contributed by atoms with Gasteiger partial charge in [-0.05, 0) is 51.6 Å². The second-order valence-electron chi connectivity index (χ2n) is 3.96. The van der Waals surface area contributed by atoms with Gasteiger partial charge >= 0.3 is 0 Å². The lowest BCUT2D eigenvalue weighted by molar-refractivity contribution is 0.0102. The summed E-state index contributed by atoms with van der Waals surface area (Å²) in [5.41, 5.74) is 0. The maximum Gasteiger partial charge on any atom is 0.0575 e. The zero-order valence-corrected chi connectivity index (χ0v) is 9.00. The number of rotatable bonds is 7. The van der Waals surface area contributed by atoms with Gasteiger partial charge in [-0.1, -0.05) is 0 Å². The fourth-order valence-corrected chi connectivity index (χ4v) is 1.82. The summed E-state index contributed by atoms with van der Waals surface area (Å²) in [5, 5.41) is 11.9. The number of hydrogen-bond donors (Lipinski definition) is 2. The molecular weight excluding hydrogens is 178 g/mol. The van der Waals surface area contributed by atoms with Crippen LogP contribution in [0.1, 0.15) is 38.5 Å². The zero-order valence-electron chi connectivity index (χ0n) is 9.00. The monoisotopic (exact) mass is 201 g/mol. The van der Waals surface area contributed by atoms with Gasteiger partial charge in [0.2, 0.25) is 0 Å². The molecule has 1 atom stereocenters. The molecule has 3 nitrogen and oxygen atoms in total. The van der Waals surface area contributed by atoms with Crippen molar-refractivity contribution < 1.29 is 9.84 Å². The van der Waals surface area contributed by atoms with Gasteiger partial charge in [-0.25, -0.2) is 0 Å². The molecule has 0 amide bonds. The molecular formula is C11H23NO2. The van der Waals surface area contributed by atoms with Crippen molar-refractivity contribution in [2.24, 2.45) is 0 Å². The van der Waals surface area contributed by atoms with Crippen LogP contribution in [0, 0.1) is 0 Å². The summed E-state index contributed by atoms with van der Waals surface area (Å²) in [6.07, 6.45) is 7.58. The Bertz CT molecular complexity index is 124. The Labute approximate surface area is 86.8 Å². The van der Waals surface area contributed by atoms with E-state index in [-0.39, 0.29) is 0 Å². The van der Waals surface area contributed by atoms with Crippen LogP contribution < -0.4 is 5.32 Å². The van der Waals surface area contributed by atoms with Gasteiger partial charge in [0.25, 0.3) is 0 Å². The van der Waals surface area contributed by atoms with E-state index in [1.54, 1.807) is 0 Å². The van der Waals surface area contributed by atoms with Gasteiger partial charge in [-0.3, -0.25) is 0 Å². The topological polar surface area (TPSA) is 41.5 Å². The highest BCUT2D eigenvalue weighted by molar-refractivity contribution is 4.64. The molecule has 0 aromatic rings. The molecule has 1 aliphatic rings. The highest BCUT2D eigenvalue weighted by atomic mass is 16.5. The Hall–Kier alpha value is -0.120. The molecule has 0 aliphatic carbocycles. The minimum Gasteiger partial charge on any atom is -0.396 e.